The molecule has 0 radical (unpaired) electrons. The number of thiocarbonyl (C=S) groups is 1. The third kappa shape index (κ3) is 2.43. The molecule has 3 rings (SSSR count). The summed E-state index contributed by atoms with van der Waals surface area (Å²) in [6, 6.07) is 12.9. The third-order valence-electron chi connectivity index (χ3n) is 3.87. The van der Waals surface area contributed by atoms with Crippen LogP contribution in [0.4, 0.5) is 5.69 Å². The minimum Gasteiger partial charge on any atom is -0.348 e. The predicted molar refractivity (Wildman–Crippen MR) is 87.0 cm³/mol. The fourth-order valence-corrected chi connectivity index (χ4v) is 3.14. The van der Waals surface area contributed by atoms with E-state index in [2.05, 4.69) is 65.2 Å². The van der Waals surface area contributed by atoms with Gasteiger partial charge < -0.3 is 14.8 Å². The van der Waals surface area contributed by atoms with Crippen LogP contribution in [0.2, 0.25) is 0 Å². The minimum atomic E-state index is 0.309. The van der Waals surface area contributed by atoms with Crippen molar-refractivity contribution in [2.75, 3.05) is 11.9 Å². The van der Waals surface area contributed by atoms with Crippen LogP contribution >= 0.6 is 12.2 Å². The molecule has 1 aromatic heterocycles. The number of nitrogens with zero attached hydrogens (tertiary/aromatic N) is 2. The van der Waals surface area contributed by atoms with Gasteiger partial charge in [-0.25, -0.2) is 0 Å². The molecule has 1 N–H and O–H groups in total. The van der Waals surface area contributed by atoms with Crippen molar-refractivity contribution in [1.82, 2.24) is 9.47 Å². The van der Waals surface area contributed by atoms with Crippen LogP contribution in [0.5, 0.6) is 0 Å². The van der Waals surface area contributed by atoms with Gasteiger partial charge in [0.1, 0.15) is 0 Å². The Kier molecular flexibility index (Phi) is 3.49. The molecular weight excluding hydrogens is 266 g/mol. The number of anilines is 1. The zero-order valence-electron chi connectivity index (χ0n) is 11.8. The molecule has 0 amide bonds. The van der Waals surface area contributed by atoms with E-state index in [1.807, 2.05) is 6.07 Å². The maximum absolute atomic E-state index is 5.58. The van der Waals surface area contributed by atoms with Gasteiger partial charge in [-0.1, -0.05) is 12.1 Å². The number of nitrogens with one attached hydrogen (secondary N) is 1. The third-order valence-corrected chi connectivity index (χ3v) is 4.21. The molecule has 0 spiro atoms. The lowest BCUT2D eigenvalue weighted by molar-refractivity contribution is 0.276. The molecule has 1 aromatic carbocycles. The van der Waals surface area contributed by atoms with Crippen LogP contribution in [0, 0.1) is 6.92 Å². The largest absolute Gasteiger partial charge is 0.348 e. The molecule has 2 heterocycles. The van der Waals surface area contributed by atoms with Crippen molar-refractivity contribution < 1.29 is 0 Å². The first-order valence-electron chi connectivity index (χ1n) is 6.94. The molecule has 0 bridgehead atoms. The lowest BCUT2D eigenvalue weighted by atomic mass is 10.1. The lowest BCUT2D eigenvalue weighted by Crippen LogP contribution is -2.42. The average Bonchev–Trinajstić information content (AvgIpc) is 2.88. The number of aryl methyl sites for hydroxylation is 1. The van der Waals surface area contributed by atoms with Gasteiger partial charge in [-0.15, -0.1) is 0 Å². The Bertz CT molecular complexity index is 632. The fraction of sp³-hybridized carbons (Fsp3) is 0.312. The van der Waals surface area contributed by atoms with Crippen molar-refractivity contribution in [3.8, 4) is 0 Å². The summed E-state index contributed by atoms with van der Waals surface area (Å²) in [5.74, 6) is 0. The van der Waals surface area contributed by atoms with Crippen molar-refractivity contribution in [3.63, 3.8) is 0 Å². The van der Waals surface area contributed by atoms with Crippen molar-refractivity contribution in [3.05, 3.63) is 53.9 Å². The van der Waals surface area contributed by atoms with Crippen molar-refractivity contribution in [2.24, 2.45) is 0 Å². The minimum absolute atomic E-state index is 0.309. The van der Waals surface area contributed by atoms with Gasteiger partial charge in [0.2, 0.25) is 0 Å². The average molecular weight is 285 g/mol. The van der Waals surface area contributed by atoms with E-state index < -0.39 is 0 Å². The maximum atomic E-state index is 5.58. The summed E-state index contributed by atoms with van der Waals surface area (Å²) in [4.78, 5) is 2.26. The van der Waals surface area contributed by atoms with E-state index in [1.165, 1.54) is 11.3 Å². The maximum Gasteiger partial charge on any atom is 0.174 e. The van der Waals surface area contributed by atoms with Crippen molar-refractivity contribution in [1.29, 1.82) is 0 Å². The van der Waals surface area contributed by atoms with E-state index >= 15 is 0 Å². The Balaban J connectivity index is 1.75. The SMILES string of the molecule is Cc1cccc(NC(=S)N2CCn3cccc3[C@@H]2C)c1. The summed E-state index contributed by atoms with van der Waals surface area (Å²) in [5.41, 5.74) is 3.62. The van der Waals surface area contributed by atoms with Gasteiger partial charge in [0.25, 0.3) is 0 Å². The molecule has 1 atom stereocenters. The molecule has 104 valence electrons. The molecule has 0 saturated heterocycles. The fourth-order valence-electron chi connectivity index (χ4n) is 2.77. The van der Waals surface area contributed by atoms with Gasteiger partial charge in [-0.05, 0) is 55.9 Å². The Morgan fingerprint density at radius 3 is 2.90 bits per heavy atom. The van der Waals surface area contributed by atoms with E-state index in [0.717, 1.165) is 23.9 Å². The van der Waals surface area contributed by atoms with Crippen LogP contribution in [0.3, 0.4) is 0 Å². The Labute approximate surface area is 125 Å². The summed E-state index contributed by atoms with van der Waals surface area (Å²) in [7, 11) is 0. The van der Waals surface area contributed by atoms with Gasteiger partial charge in [0.15, 0.2) is 5.11 Å². The zero-order valence-corrected chi connectivity index (χ0v) is 12.7. The molecule has 2 aromatic rings. The first kappa shape index (κ1) is 13.2. The molecule has 0 aliphatic carbocycles. The van der Waals surface area contributed by atoms with Crippen LogP contribution in [0.15, 0.2) is 42.6 Å². The molecule has 0 saturated carbocycles. The lowest BCUT2D eigenvalue weighted by Gasteiger charge is -2.36. The van der Waals surface area contributed by atoms with Gasteiger partial charge in [-0.3, -0.25) is 0 Å². The van der Waals surface area contributed by atoms with Crippen LogP contribution in [0.1, 0.15) is 24.2 Å². The first-order valence-corrected chi connectivity index (χ1v) is 7.35. The second-order valence-electron chi connectivity index (χ2n) is 5.30. The molecule has 0 fully saturated rings. The number of fused-ring (bicyclic) bond motifs is 1. The Hall–Kier alpha value is -1.81. The number of hydrogen-bond donors (Lipinski definition) is 1. The van der Waals surface area contributed by atoms with Crippen molar-refractivity contribution in [2.45, 2.75) is 26.4 Å². The highest BCUT2D eigenvalue weighted by Crippen LogP contribution is 2.26. The molecule has 1 aliphatic rings. The molecule has 0 unspecified atom stereocenters. The number of hydrogen-bond acceptors (Lipinski definition) is 1. The highest BCUT2D eigenvalue weighted by atomic mass is 32.1. The molecule has 3 nitrogen and oxygen atoms in total. The van der Waals surface area contributed by atoms with Gasteiger partial charge >= 0.3 is 0 Å². The number of rotatable bonds is 1. The van der Waals surface area contributed by atoms with E-state index in [1.54, 1.807) is 0 Å². The van der Waals surface area contributed by atoms with Crippen LogP contribution in [0.25, 0.3) is 0 Å². The topological polar surface area (TPSA) is 20.2 Å². The highest BCUT2D eigenvalue weighted by molar-refractivity contribution is 7.80. The molecule has 1 aliphatic heterocycles. The van der Waals surface area contributed by atoms with Gasteiger partial charge in [0, 0.05) is 30.7 Å². The van der Waals surface area contributed by atoms with Crippen LogP contribution in [-0.2, 0) is 6.54 Å². The predicted octanol–water partition coefficient (Wildman–Crippen LogP) is 3.57. The summed E-state index contributed by atoms with van der Waals surface area (Å²) in [6.45, 7) is 6.22. The van der Waals surface area contributed by atoms with Crippen LogP contribution < -0.4 is 5.32 Å². The van der Waals surface area contributed by atoms with Crippen LogP contribution in [-0.4, -0.2) is 21.1 Å². The zero-order chi connectivity index (χ0) is 14.1. The summed E-state index contributed by atoms with van der Waals surface area (Å²) < 4.78 is 2.30. The van der Waals surface area contributed by atoms with E-state index in [0.29, 0.717) is 6.04 Å². The summed E-state index contributed by atoms with van der Waals surface area (Å²) >= 11 is 5.58. The smallest absolute Gasteiger partial charge is 0.174 e. The number of benzene rings is 1. The first-order chi connectivity index (χ1) is 9.65. The molecule has 20 heavy (non-hydrogen) atoms. The van der Waals surface area contributed by atoms with E-state index in [4.69, 9.17) is 12.2 Å². The standard InChI is InChI=1S/C16H19N3S/c1-12-5-3-6-14(11-12)17-16(20)19-10-9-18-8-4-7-15(18)13(19)2/h3-8,11,13H,9-10H2,1-2H3,(H,17,20)/t13-/m0/s1. The quantitative estimate of drug-likeness (QED) is 0.809. The van der Waals surface area contributed by atoms with E-state index in [9.17, 15) is 0 Å². The monoisotopic (exact) mass is 285 g/mol. The summed E-state index contributed by atoms with van der Waals surface area (Å²) in [6.07, 6.45) is 2.14. The normalized spacial score (nSPS) is 17.7. The summed E-state index contributed by atoms with van der Waals surface area (Å²) in [5, 5.41) is 4.16. The van der Waals surface area contributed by atoms with Gasteiger partial charge in [0.05, 0.1) is 6.04 Å². The van der Waals surface area contributed by atoms with Crippen molar-refractivity contribution >= 4 is 23.0 Å². The van der Waals surface area contributed by atoms with E-state index in [-0.39, 0.29) is 0 Å². The number of aromatic nitrogens is 1. The molecule has 4 heteroatoms. The van der Waals surface area contributed by atoms with Gasteiger partial charge in [-0.2, -0.15) is 0 Å². The Morgan fingerprint density at radius 1 is 1.25 bits per heavy atom. The second-order valence-corrected chi connectivity index (χ2v) is 5.68. The highest BCUT2D eigenvalue weighted by Gasteiger charge is 2.25. The second kappa shape index (κ2) is 5.29. The Morgan fingerprint density at radius 2 is 2.10 bits per heavy atom. The molecular formula is C16H19N3S.